The molecule has 9 heteroatoms. The van der Waals surface area contributed by atoms with Crippen molar-refractivity contribution in [1.82, 2.24) is 14.2 Å². The van der Waals surface area contributed by atoms with E-state index in [1.807, 2.05) is 41.9 Å². The zero-order chi connectivity index (χ0) is 30.9. The summed E-state index contributed by atoms with van der Waals surface area (Å²) < 4.78 is 36.6. The molecule has 8 nitrogen and oxygen atoms in total. The molecule has 3 aromatic rings. The number of amides is 1. The second-order valence-corrected chi connectivity index (χ2v) is 15.0. The van der Waals surface area contributed by atoms with E-state index in [0.29, 0.717) is 38.5 Å². The van der Waals surface area contributed by atoms with Crippen molar-refractivity contribution in [2.24, 2.45) is 18.4 Å². The van der Waals surface area contributed by atoms with Crippen molar-refractivity contribution in [3.05, 3.63) is 54.1 Å². The van der Waals surface area contributed by atoms with Gasteiger partial charge in [0.1, 0.15) is 0 Å². The van der Waals surface area contributed by atoms with Gasteiger partial charge in [-0.3, -0.25) is 9.59 Å². The van der Waals surface area contributed by atoms with Gasteiger partial charge >= 0.3 is 5.97 Å². The predicted octanol–water partition coefficient (Wildman–Crippen LogP) is 5.83. The number of aromatic nitrogens is 1. The molecule has 2 heterocycles. The molecule has 2 fully saturated rings. The summed E-state index contributed by atoms with van der Waals surface area (Å²) in [5, 5.41) is 0.959. The monoisotopic (exact) mass is 607 g/mol. The smallest absolute Gasteiger partial charge is 0.305 e. The van der Waals surface area contributed by atoms with Crippen LogP contribution in [0.5, 0.6) is 0 Å². The molecule has 2 aliphatic rings. The molecule has 1 saturated carbocycles. The lowest BCUT2D eigenvalue weighted by Gasteiger charge is -2.38. The third-order valence-electron chi connectivity index (χ3n) is 9.36. The highest BCUT2D eigenvalue weighted by atomic mass is 32.2. The van der Waals surface area contributed by atoms with Crippen molar-refractivity contribution in [2.45, 2.75) is 89.1 Å². The molecule has 5 rings (SSSR count). The van der Waals surface area contributed by atoms with Crippen LogP contribution in [0.2, 0.25) is 0 Å². The Labute approximate surface area is 255 Å². The Morgan fingerprint density at radius 3 is 2.33 bits per heavy atom. The number of hydrogen-bond donors (Lipinski definition) is 1. The van der Waals surface area contributed by atoms with Gasteiger partial charge in [-0.1, -0.05) is 51.1 Å². The number of nitrogens with zero attached hydrogens (tertiary/aromatic N) is 2. The van der Waals surface area contributed by atoms with Crippen LogP contribution in [0.4, 0.5) is 0 Å². The molecule has 43 heavy (non-hydrogen) atoms. The Bertz CT molecular complexity index is 1580. The normalized spacial score (nSPS) is 21.3. The second kappa shape index (κ2) is 12.4. The molecule has 1 saturated heterocycles. The second-order valence-electron chi connectivity index (χ2n) is 13.3. The molecule has 0 spiro atoms. The van der Waals surface area contributed by atoms with E-state index in [-0.39, 0.29) is 40.2 Å². The molecular weight excluding hydrogens is 562 g/mol. The minimum absolute atomic E-state index is 0.0243. The summed E-state index contributed by atoms with van der Waals surface area (Å²) in [7, 11) is -0.390. The van der Waals surface area contributed by atoms with Gasteiger partial charge in [0.15, 0.2) is 0 Å². The summed E-state index contributed by atoms with van der Waals surface area (Å²) >= 11 is 0. The lowest BCUT2D eigenvalue weighted by Crippen LogP contribution is -2.47. The number of hydrogen-bond acceptors (Lipinski definition) is 5. The number of nitrogens with one attached hydrogen (secondary N) is 1. The molecule has 1 unspecified atom stereocenters. The van der Waals surface area contributed by atoms with Crippen LogP contribution in [-0.2, 0) is 37.8 Å². The third-order valence-corrected chi connectivity index (χ3v) is 10.9. The predicted molar refractivity (Wildman–Crippen MR) is 169 cm³/mol. The molecule has 0 bridgehead atoms. The zero-order valence-electron chi connectivity index (χ0n) is 26.1. The van der Waals surface area contributed by atoms with Gasteiger partial charge in [0.2, 0.25) is 15.9 Å². The number of benzene rings is 2. The summed E-state index contributed by atoms with van der Waals surface area (Å²) in [6.07, 6.45) is 5.81. The number of esters is 1. The van der Waals surface area contributed by atoms with Gasteiger partial charge in [-0.2, -0.15) is 0 Å². The van der Waals surface area contributed by atoms with Crippen molar-refractivity contribution in [1.29, 1.82) is 0 Å². The number of carbonyl (C=O) groups is 2. The fourth-order valence-electron chi connectivity index (χ4n) is 6.86. The third kappa shape index (κ3) is 6.83. The van der Waals surface area contributed by atoms with Crippen LogP contribution >= 0.6 is 0 Å². The van der Waals surface area contributed by atoms with Crippen LogP contribution in [0.15, 0.2) is 53.4 Å². The van der Waals surface area contributed by atoms with Crippen molar-refractivity contribution in [3.8, 4) is 11.3 Å². The largest absolute Gasteiger partial charge is 0.469 e. The molecular formula is C34H45N3O5S. The summed E-state index contributed by atoms with van der Waals surface area (Å²) in [6, 6.07) is 15.5. The number of methoxy groups -OCH3 is 1. The maximum Gasteiger partial charge on any atom is 0.305 e. The molecule has 2 aromatic carbocycles. The number of aryl methyl sites for hydroxylation is 2. The van der Waals surface area contributed by atoms with Crippen molar-refractivity contribution in [2.75, 3.05) is 13.7 Å². The average molecular weight is 608 g/mol. The van der Waals surface area contributed by atoms with Gasteiger partial charge in [-0.25, -0.2) is 13.1 Å². The highest BCUT2D eigenvalue weighted by Crippen LogP contribution is 2.36. The maximum absolute atomic E-state index is 13.5. The minimum Gasteiger partial charge on any atom is -0.469 e. The lowest BCUT2D eigenvalue weighted by atomic mass is 9.82. The van der Waals surface area contributed by atoms with Crippen LogP contribution in [-0.4, -0.2) is 55.5 Å². The van der Waals surface area contributed by atoms with E-state index in [4.69, 9.17) is 4.74 Å². The fourth-order valence-corrected chi connectivity index (χ4v) is 8.18. The van der Waals surface area contributed by atoms with Crippen molar-refractivity contribution in [3.63, 3.8) is 0 Å². The van der Waals surface area contributed by atoms with Gasteiger partial charge in [-0.15, -0.1) is 0 Å². The Morgan fingerprint density at radius 2 is 1.67 bits per heavy atom. The Morgan fingerprint density at radius 1 is 0.977 bits per heavy atom. The van der Waals surface area contributed by atoms with Gasteiger partial charge < -0.3 is 14.2 Å². The lowest BCUT2D eigenvalue weighted by molar-refractivity contribution is -0.141. The summed E-state index contributed by atoms with van der Waals surface area (Å²) in [4.78, 5) is 27.2. The van der Waals surface area contributed by atoms with Gasteiger partial charge in [0.25, 0.3) is 0 Å². The van der Waals surface area contributed by atoms with Gasteiger partial charge in [0, 0.05) is 54.6 Å². The zero-order valence-corrected chi connectivity index (χ0v) is 26.9. The maximum atomic E-state index is 13.5. The number of sulfonamides is 1. The minimum atomic E-state index is -3.72. The standard InChI is InChI=1S/C34H45N3O5S/c1-34(2,3)31-7-6-20-37(31)33(39)25-13-16-27(17-14-25)35-43(40,41)28-18-15-26-21-29(36(4)30(26)22-28)24-11-8-23(9-12-24)10-19-32(38)42-5/h8-9,11-12,15,18,21-22,25,27,31,35H,6-7,10,13-14,16-17,19-20H2,1-5H3/t25-,27-,31?. The van der Waals surface area contributed by atoms with Gasteiger partial charge in [0.05, 0.1) is 12.0 Å². The summed E-state index contributed by atoms with van der Waals surface area (Å²) in [5.41, 5.74) is 3.94. The Kier molecular flexibility index (Phi) is 9.05. The summed E-state index contributed by atoms with van der Waals surface area (Å²) in [6.45, 7) is 7.45. The quantitative estimate of drug-likeness (QED) is 0.325. The highest BCUT2D eigenvalue weighted by Gasteiger charge is 2.40. The topological polar surface area (TPSA) is 97.7 Å². The van der Waals surface area contributed by atoms with Crippen LogP contribution in [0.1, 0.15) is 71.3 Å². The van der Waals surface area contributed by atoms with Crippen LogP contribution in [0, 0.1) is 11.3 Å². The molecule has 1 aliphatic heterocycles. The van der Waals surface area contributed by atoms with Crippen LogP contribution in [0.3, 0.4) is 0 Å². The van der Waals surface area contributed by atoms with E-state index in [9.17, 15) is 18.0 Å². The number of rotatable bonds is 8. The van der Waals surface area contributed by atoms with Crippen LogP contribution in [0.25, 0.3) is 22.2 Å². The molecule has 232 valence electrons. The van der Waals surface area contributed by atoms with E-state index in [0.717, 1.165) is 47.1 Å². The van der Waals surface area contributed by atoms with Crippen molar-refractivity contribution < 1.29 is 22.7 Å². The first-order valence-corrected chi connectivity index (χ1v) is 16.9. The van der Waals surface area contributed by atoms with E-state index >= 15 is 0 Å². The SMILES string of the molecule is COC(=O)CCc1ccc(-c2cc3ccc(S(=O)(=O)N[C@H]4CC[C@H](C(=O)N5CCCC5C(C)(C)C)CC4)cc3n2C)cc1. The number of ether oxygens (including phenoxy) is 1. The van der Waals surface area contributed by atoms with Crippen molar-refractivity contribution >= 4 is 32.8 Å². The number of carbonyl (C=O) groups excluding carboxylic acids is 2. The first kappa shape index (κ1) is 31.3. The fraction of sp³-hybridized carbons (Fsp3) is 0.529. The first-order valence-electron chi connectivity index (χ1n) is 15.5. The molecule has 1 N–H and O–H groups in total. The van der Waals surface area contributed by atoms with E-state index in [2.05, 4.69) is 36.5 Å². The average Bonchev–Trinajstić information content (AvgIpc) is 3.61. The van der Waals surface area contributed by atoms with Crippen LogP contribution < -0.4 is 4.72 Å². The van der Waals surface area contributed by atoms with E-state index < -0.39 is 10.0 Å². The Hall–Kier alpha value is -3.17. The number of likely N-dealkylation sites (tertiary alicyclic amines) is 1. The van der Waals surface area contributed by atoms with E-state index in [1.165, 1.54) is 7.11 Å². The molecule has 1 aromatic heterocycles. The Balaban J connectivity index is 1.23. The molecule has 1 amide bonds. The summed E-state index contributed by atoms with van der Waals surface area (Å²) in [5.74, 6) is -0.00380. The first-order chi connectivity index (χ1) is 20.4. The molecule has 1 aliphatic carbocycles. The van der Waals surface area contributed by atoms with E-state index in [1.54, 1.807) is 12.1 Å². The van der Waals surface area contributed by atoms with Gasteiger partial charge in [-0.05, 0) is 79.7 Å². The highest BCUT2D eigenvalue weighted by molar-refractivity contribution is 7.89. The molecule has 0 radical (unpaired) electrons. The number of fused-ring (bicyclic) bond motifs is 1. The molecule has 1 atom stereocenters.